The van der Waals surface area contributed by atoms with Crippen molar-refractivity contribution in [2.24, 2.45) is 0 Å². The van der Waals surface area contributed by atoms with Crippen LogP contribution in [0.3, 0.4) is 0 Å². The molecule has 88 valence electrons. The number of rotatable bonds is 5. The Hall–Kier alpha value is -2.55. The van der Waals surface area contributed by atoms with Gasteiger partial charge in [0.1, 0.15) is 0 Å². The Morgan fingerprint density at radius 3 is 2.88 bits per heavy atom. The number of nitrogens with one attached hydrogen (secondary N) is 1. The normalized spacial score (nSPS) is 9.12. The standard InChI is InChI=1S/C11H10N2O4/c1-2-7-12-11(14)8-17-10-6-4-3-5-9(10)13(15)16/h1,3-6H,7-8H2,(H,12,14). The third kappa shape index (κ3) is 3.83. The van der Waals surface area contributed by atoms with Crippen molar-refractivity contribution in [3.05, 3.63) is 34.4 Å². The number of terminal acetylenes is 1. The van der Waals surface area contributed by atoms with Gasteiger partial charge < -0.3 is 10.1 Å². The highest BCUT2D eigenvalue weighted by Gasteiger charge is 2.14. The smallest absolute Gasteiger partial charge is 0.310 e. The highest BCUT2D eigenvalue weighted by molar-refractivity contribution is 5.77. The molecular weight excluding hydrogens is 224 g/mol. The number of benzene rings is 1. The average molecular weight is 234 g/mol. The molecule has 0 radical (unpaired) electrons. The number of nitrogens with zero attached hydrogens (tertiary/aromatic N) is 1. The van der Waals surface area contributed by atoms with E-state index in [1.807, 2.05) is 0 Å². The van der Waals surface area contributed by atoms with Gasteiger partial charge in [-0.25, -0.2) is 0 Å². The minimum Gasteiger partial charge on any atom is -0.477 e. The molecule has 0 unspecified atom stereocenters. The van der Waals surface area contributed by atoms with Crippen LogP contribution in [0, 0.1) is 22.5 Å². The van der Waals surface area contributed by atoms with Crippen LogP contribution < -0.4 is 10.1 Å². The molecule has 0 heterocycles. The molecule has 0 aromatic heterocycles. The van der Waals surface area contributed by atoms with Crippen molar-refractivity contribution < 1.29 is 14.5 Å². The summed E-state index contributed by atoms with van der Waals surface area (Å²) in [5, 5.41) is 13.0. The topological polar surface area (TPSA) is 81.5 Å². The number of ether oxygens (including phenoxy) is 1. The number of nitro groups is 1. The molecule has 1 rings (SSSR count). The van der Waals surface area contributed by atoms with Gasteiger partial charge in [0.25, 0.3) is 5.91 Å². The molecule has 1 aromatic rings. The van der Waals surface area contributed by atoms with Gasteiger partial charge in [0, 0.05) is 6.07 Å². The van der Waals surface area contributed by atoms with Crippen LogP contribution in [0.25, 0.3) is 0 Å². The first-order valence-electron chi connectivity index (χ1n) is 4.71. The van der Waals surface area contributed by atoms with E-state index in [-0.39, 0.29) is 24.6 Å². The van der Waals surface area contributed by atoms with E-state index in [4.69, 9.17) is 11.2 Å². The zero-order valence-electron chi connectivity index (χ0n) is 8.88. The maximum absolute atomic E-state index is 11.2. The minimum absolute atomic E-state index is 0.0494. The zero-order chi connectivity index (χ0) is 12.7. The third-order valence-corrected chi connectivity index (χ3v) is 1.81. The maximum atomic E-state index is 11.2. The number of para-hydroxylation sites is 2. The Kier molecular flexibility index (Phi) is 4.51. The van der Waals surface area contributed by atoms with Crippen LogP contribution in [-0.4, -0.2) is 24.0 Å². The average Bonchev–Trinajstić information content (AvgIpc) is 2.34. The van der Waals surface area contributed by atoms with Crippen molar-refractivity contribution in [1.82, 2.24) is 5.32 Å². The number of amides is 1. The van der Waals surface area contributed by atoms with Crippen LogP contribution in [-0.2, 0) is 4.79 Å². The van der Waals surface area contributed by atoms with E-state index in [9.17, 15) is 14.9 Å². The molecule has 0 bridgehead atoms. The number of hydrogen-bond donors (Lipinski definition) is 1. The van der Waals surface area contributed by atoms with Gasteiger partial charge in [0.05, 0.1) is 11.5 Å². The first-order chi connectivity index (χ1) is 8.15. The molecule has 0 fully saturated rings. The molecule has 6 heteroatoms. The molecule has 6 nitrogen and oxygen atoms in total. The van der Waals surface area contributed by atoms with Gasteiger partial charge in [0.2, 0.25) is 0 Å². The first kappa shape index (κ1) is 12.5. The van der Waals surface area contributed by atoms with E-state index in [0.29, 0.717) is 0 Å². The van der Waals surface area contributed by atoms with Crippen LogP contribution in [0.2, 0.25) is 0 Å². The summed E-state index contributed by atoms with van der Waals surface area (Å²) in [6.45, 7) is -0.217. The Labute approximate surface area is 97.7 Å². The van der Waals surface area contributed by atoms with Gasteiger partial charge in [-0.3, -0.25) is 14.9 Å². The molecular formula is C11H10N2O4. The van der Waals surface area contributed by atoms with Gasteiger partial charge in [-0.05, 0) is 6.07 Å². The second-order valence-electron chi connectivity index (χ2n) is 2.99. The summed E-state index contributed by atoms with van der Waals surface area (Å²) in [5.41, 5.74) is -0.183. The molecule has 0 aliphatic carbocycles. The summed E-state index contributed by atoms with van der Waals surface area (Å²) in [4.78, 5) is 21.2. The van der Waals surface area contributed by atoms with Gasteiger partial charge in [-0.15, -0.1) is 6.42 Å². The van der Waals surface area contributed by atoms with Crippen LogP contribution in [0.1, 0.15) is 0 Å². The molecule has 0 atom stereocenters. The number of carbonyl (C=O) groups is 1. The van der Waals surface area contributed by atoms with Crippen LogP contribution in [0.5, 0.6) is 5.75 Å². The Morgan fingerprint density at radius 1 is 1.53 bits per heavy atom. The van der Waals surface area contributed by atoms with Crippen LogP contribution in [0.4, 0.5) is 5.69 Å². The fourth-order valence-corrected chi connectivity index (χ4v) is 1.07. The Balaban J connectivity index is 2.61. The van der Waals surface area contributed by atoms with E-state index < -0.39 is 10.8 Å². The summed E-state index contributed by atoms with van der Waals surface area (Å²) in [6.07, 6.45) is 4.95. The van der Waals surface area contributed by atoms with Crippen LogP contribution >= 0.6 is 0 Å². The van der Waals surface area contributed by atoms with E-state index in [1.165, 1.54) is 18.2 Å². The summed E-state index contributed by atoms with van der Waals surface area (Å²) < 4.78 is 5.03. The highest BCUT2D eigenvalue weighted by Crippen LogP contribution is 2.25. The van der Waals surface area contributed by atoms with E-state index in [2.05, 4.69) is 11.2 Å². The predicted octanol–water partition coefficient (Wildman–Crippen LogP) is 0.723. The molecule has 1 aromatic carbocycles. The lowest BCUT2D eigenvalue weighted by atomic mass is 10.3. The second kappa shape index (κ2) is 6.12. The third-order valence-electron chi connectivity index (χ3n) is 1.81. The molecule has 0 saturated carbocycles. The molecule has 0 spiro atoms. The number of nitro benzene ring substituents is 1. The molecule has 0 saturated heterocycles. The van der Waals surface area contributed by atoms with Gasteiger partial charge >= 0.3 is 5.69 Å². The minimum atomic E-state index is -0.575. The summed E-state index contributed by atoms with van der Waals surface area (Å²) in [6, 6.07) is 5.83. The SMILES string of the molecule is C#CCNC(=O)COc1ccccc1[N+](=O)[O-]. The molecule has 0 aliphatic heterocycles. The largest absolute Gasteiger partial charge is 0.477 e. The molecule has 0 aliphatic rings. The lowest BCUT2D eigenvalue weighted by molar-refractivity contribution is -0.385. The Bertz CT molecular complexity index is 465. The van der Waals surface area contributed by atoms with Crippen molar-refractivity contribution in [3.8, 4) is 18.1 Å². The van der Waals surface area contributed by atoms with Gasteiger partial charge in [0.15, 0.2) is 12.4 Å². The fourth-order valence-electron chi connectivity index (χ4n) is 1.07. The summed E-state index contributed by atoms with van der Waals surface area (Å²) in [7, 11) is 0. The van der Waals surface area contributed by atoms with Crippen molar-refractivity contribution in [2.45, 2.75) is 0 Å². The van der Waals surface area contributed by atoms with Gasteiger partial charge in [-0.1, -0.05) is 18.1 Å². The molecule has 1 amide bonds. The number of hydrogen-bond acceptors (Lipinski definition) is 4. The van der Waals surface area contributed by atoms with Gasteiger partial charge in [-0.2, -0.15) is 0 Å². The maximum Gasteiger partial charge on any atom is 0.310 e. The highest BCUT2D eigenvalue weighted by atomic mass is 16.6. The first-order valence-corrected chi connectivity index (χ1v) is 4.71. The fraction of sp³-hybridized carbons (Fsp3) is 0.182. The zero-order valence-corrected chi connectivity index (χ0v) is 8.88. The lowest BCUT2D eigenvalue weighted by Crippen LogP contribution is -2.29. The van der Waals surface area contributed by atoms with E-state index >= 15 is 0 Å². The monoisotopic (exact) mass is 234 g/mol. The quantitative estimate of drug-likeness (QED) is 0.462. The van der Waals surface area contributed by atoms with Crippen molar-refractivity contribution in [1.29, 1.82) is 0 Å². The van der Waals surface area contributed by atoms with Crippen LogP contribution in [0.15, 0.2) is 24.3 Å². The summed E-state index contributed by atoms with van der Waals surface area (Å²) in [5.74, 6) is 1.85. The Morgan fingerprint density at radius 2 is 2.24 bits per heavy atom. The predicted molar refractivity (Wildman–Crippen MR) is 60.4 cm³/mol. The molecule has 1 N–H and O–H groups in total. The van der Waals surface area contributed by atoms with Crippen molar-refractivity contribution >= 4 is 11.6 Å². The van der Waals surface area contributed by atoms with Crippen molar-refractivity contribution in [2.75, 3.05) is 13.2 Å². The molecule has 17 heavy (non-hydrogen) atoms. The summed E-state index contributed by atoms with van der Waals surface area (Å²) >= 11 is 0. The lowest BCUT2D eigenvalue weighted by Gasteiger charge is -2.05. The van der Waals surface area contributed by atoms with E-state index in [1.54, 1.807) is 6.07 Å². The van der Waals surface area contributed by atoms with Crippen molar-refractivity contribution in [3.63, 3.8) is 0 Å². The van der Waals surface area contributed by atoms with E-state index in [0.717, 1.165) is 0 Å². The number of carbonyl (C=O) groups excluding carboxylic acids is 1. The second-order valence-corrected chi connectivity index (χ2v) is 2.99.